The third-order valence-corrected chi connectivity index (χ3v) is 18.1. The van der Waals surface area contributed by atoms with Crippen molar-refractivity contribution >= 4 is 81.4 Å². The minimum Gasteiger partial charge on any atom is -0.354 e. The summed E-state index contributed by atoms with van der Waals surface area (Å²) in [5.41, 5.74) is 1.85. The van der Waals surface area contributed by atoms with Gasteiger partial charge in [0.05, 0.1) is 31.9 Å². The number of unbranched alkanes of at least 4 members (excludes halogenated alkanes) is 2. The summed E-state index contributed by atoms with van der Waals surface area (Å²) in [5, 5.41) is 6.54. The monoisotopic (exact) mass is 954 g/mol. The van der Waals surface area contributed by atoms with Crippen molar-refractivity contribution in [2.45, 2.75) is 121 Å². The number of amides is 2. The Kier molecular flexibility index (Phi) is 12.2. The highest BCUT2D eigenvalue weighted by Gasteiger charge is 2.60. The van der Waals surface area contributed by atoms with E-state index in [9.17, 15) is 49.9 Å². The number of aromatic nitrogens is 2. The minimum atomic E-state index is -4.65. The summed E-state index contributed by atoms with van der Waals surface area (Å²) in [4.78, 5) is 66.2. The summed E-state index contributed by atoms with van der Waals surface area (Å²) in [7, 11) is -9.27. The van der Waals surface area contributed by atoms with Crippen LogP contribution in [0.5, 0.6) is 0 Å². The standard InChI is InChI=1S/C50H58N4O11S2/c1-4-53-41-15-10-31(66(60,61)62)25-34(41)46(57)36-28-44-37(27-43(36)53)47(58)35-26-32(67(63,64)65)11-16-42(35)54(44)23-7-5-6-8-45(56)51-21-22-52-48(59)40-14-13-38-33-12-9-29-24-30(55)17-19-49(29,2)39(33)18-20-50(38,40)3/h10-11,15-16,24-28,33,38-40H,4-9,12-14,17-23H2,1-3H3,(H,51,56)(H,52,59)(H,60,61,62)(H,63,64,65)/t33?,38?,39?,40?,49-,50-/m0/s1. The molecular weight excluding hydrogens is 897 g/mol. The molecule has 2 amide bonds. The third kappa shape index (κ3) is 8.22. The summed E-state index contributed by atoms with van der Waals surface area (Å²) in [5.74, 6) is 1.72. The predicted molar refractivity (Wildman–Crippen MR) is 255 cm³/mol. The molecule has 0 aliphatic heterocycles. The lowest BCUT2D eigenvalue weighted by Crippen LogP contribution is -2.52. The lowest BCUT2D eigenvalue weighted by Gasteiger charge is -2.58. The minimum absolute atomic E-state index is 0.0420. The molecule has 0 saturated heterocycles. The Bertz CT molecular complexity index is 3300. The number of rotatable bonds is 13. The first-order valence-corrected chi connectivity index (χ1v) is 26.5. The quantitative estimate of drug-likeness (QED) is 0.0530. The zero-order chi connectivity index (χ0) is 47.8. The molecular formula is C50H58N4O11S2. The second-order valence-corrected chi connectivity index (χ2v) is 22.7. The molecule has 0 bridgehead atoms. The fraction of sp³-hybridized carbons (Fsp3) is 0.500. The molecule has 3 saturated carbocycles. The van der Waals surface area contributed by atoms with E-state index >= 15 is 0 Å². The van der Waals surface area contributed by atoms with Crippen molar-refractivity contribution < 1.29 is 40.3 Å². The molecule has 15 nitrogen and oxygen atoms in total. The Labute approximate surface area is 388 Å². The molecule has 9 rings (SSSR count). The van der Waals surface area contributed by atoms with Gasteiger partial charge >= 0.3 is 0 Å². The molecule has 6 atom stereocenters. The van der Waals surface area contributed by atoms with Gasteiger partial charge in [-0.05, 0) is 148 Å². The van der Waals surface area contributed by atoms with Crippen LogP contribution in [0.4, 0.5) is 0 Å². The average Bonchev–Trinajstić information content (AvgIpc) is 3.65. The van der Waals surface area contributed by atoms with Crippen LogP contribution in [0.2, 0.25) is 0 Å². The van der Waals surface area contributed by atoms with Crippen LogP contribution in [0, 0.1) is 34.5 Å². The van der Waals surface area contributed by atoms with E-state index in [1.54, 1.807) is 21.3 Å². The Balaban J connectivity index is 0.849. The third-order valence-electron chi connectivity index (χ3n) is 16.4. The number of fused-ring (bicyclic) bond motifs is 9. The number of hydrogen-bond acceptors (Lipinski definition) is 9. The molecule has 356 valence electrons. The molecule has 3 aromatic carbocycles. The van der Waals surface area contributed by atoms with E-state index < -0.39 is 40.9 Å². The van der Waals surface area contributed by atoms with Gasteiger partial charge in [0, 0.05) is 66.5 Å². The number of pyridine rings is 2. The molecule has 4 unspecified atom stereocenters. The van der Waals surface area contributed by atoms with Gasteiger partial charge in [-0.3, -0.25) is 33.1 Å². The molecule has 4 aliphatic carbocycles. The Morgan fingerprint density at radius 2 is 1.28 bits per heavy atom. The highest BCUT2D eigenvalue weighted by Crippen LogP contribution is 2.66. The van der Waals surface area contributed by atoms with Gasteiger partial charge in [0.15, 0.2) is 16.6 Å². The number of carbonyl (C=O) groups excluding carboxylic acids is 3. The number of carbonyl (C=O) groups is 3. The summed E-state index contributed by atoms with van der Waals surface area (Å²) in [6, 6.07) is 10.6. The number of aryl methyl sites for hydroxylation is 2. The molecule has 4 N–H and O–H groups in total. The van der Waals surface area contributed by atoms with E-state index in [1.807, 2.05) is 13.0 Å². The molecule has 2 heterocycles. The van der Waals surface area contributed by atoms with Crippen molar-refractivity contribution in [1.29, 1.82) is 0 Å². The van der Waals surface area contributed by atoms with Crippen molar-refractivity contribution in [3.63, 3.8) is 0 Å². The first-order valence-electron chi connectivity index (χ1n) is 23.6. The molecule has 4 aliphatic rings. The van der Waals surface area contributed by atoms with Gasteiger partial charge in [0.25, 0.3) is 20.2 Å². The van der Waals surface area contributed by atoms with Crippen molar-refractivity contribution in [2.24, 2.45) is 34.5 Å². The smallest absolute Gasteiger partial charge is 0.294 e. The lowest BCUT2D eigenvalue weighted by molar-refractivity contribution is -0.132. The van der Waals surface area contributed by atoms with E-state index in [2.05, 4.69) is 24.5 Å². The largest absolute Gasteiger partial charge is 0.354 e. The van der Waals surface area contributed by atoms with Gasteiger partial charge in [0.1, 0.15) is 0 Å². The maximum absolute atomic E-state index is 14.2. The highest BCUT2D eigenvalue weighted by atomic mass is 32.2. The van der Waals surface area contributed by atoms with Crippen LogP contribution in [0.3, 0.4) is 0 Å². The van der Waals surface area contributed by atoms with Crippen LogP contribution in [0.1, 0.15) is 97.8 Å². The van der Waals surface area contributed by atoms with Crippen LogP contribution in [-0.2, 0) is 47.7 Å². The Morgan fingerprint density at radius 1 is 0.687 bits per heavy atom. The van der Waals surface area contributed by atoms with E-state index in [1.165, 1.54) is 29.8 Å². The molecule has 0 spiro atoms. The Morgan fingerprint density at radius 3 is 1.91 bits per heavy atom. The molecule has 0 radical (unpaired) electrons. The molecule has 67 heavy (non-hydrogen) atoms. The molecule has 3 fully saturated rings. The van der Waals surface area contributed by atoms with Gasteiger partial charge in [-0.2, -0.15) is 16.8 Å². The van der Waals surface area contributed by atoms with Crippen LogP contribution in [-0.4, -0.2) is 65.8 Å². The molecule has 5 aromatic rings. The van der Waals surface area contributed by atoms with Crippen LogP contribution < -0.4 is 21.5 Å². The van der Waals surface area contributed by atoms with E-state index in [4.69, 9.17) is 0 Å². The van der Waals surface area contributed by atoms with E-state index in [0.29, 0.717) is 91.7 Å². The van der Waals surface area contributed by atoms with Gasteiger partial charge in [-0.15, -0.1) is 0 Å². The molecule has 2 aromatic heterocycles. The van der Waals surface area contributed by atoms with E-state index in [0.717, 1.165) is 57.1 Å². The number of nitrogens with one attached hydrogen (secondary N) is 2. The van der Waals surface area contributed by atoms with Crippen LogP contribution >= 0.6 is 0 Å². The number of benzene rings is 3. The van der Waals surface area contributed by atoms with Crippen LogP contribution in [0.15, 0.2) is 79.6 Å². The fourth-order valence-electron chi connectivity index (χ4n) is 13.0. The second-order valence-electron chi connectivity index (χ2n) is 19.8. The van der Waals surface area contributed by atoms with Crippen molar-refractivity contribution in [3.05, 3.63) is 80.6 Å². The Hall–Kier alpha value is -5.23. The second kappa shape index (κ2) is 17.4. The summed E-state index contributed by atoms with van der Waals surface area (Å²) >= 11 is 0. The molecule has 17 heteroatoms. The summed E-state index contributed by atoms with van der Waals surface area (Å²) in [6.45, 7) is 7.77. The number of allylic oxidation sites excluding steroid dienone is 1. The summed E-state index contributed by atoms with van der Waals surface area (Å²) in [6.07, 6.45) is 11.5. The number of ketones is 1. The topological polar surface area (TPSA) is 228 Å². The first-order chi connectivity index (χ1) is 31.7. The van der Waals surface area contributed by atoms with Crippen molar-refractivity contribution in [3.8, 4) is 0 Å². The SMILES string of the molecule is CCn1c2ccc(S(=O)(=O)O)cc2c(=O)c2cc3c(cc21)c(=O)c1cc(S(=O)(=O)O)ccc1n3CCCCCC(=O)NCCNC(=O)C1CCC2C3CCC4=CC(=O)CC[C@]4(C)C3CC[C@]12C. The normalized spacial score (nSPS) is 25.2. The van der Waals surface area contributed by atoms with Crippen molar-refractivity contribution in [2.75, 3.05) is 13.1 Å². The lowest BCUT2D eigenvalue weighted by atomic mass is 9.47. The number of nitrogens with zero attached hydrogens (tertiary/aromatic N) is 2. The number of hydrogen-bond donors (Lipinski definition) is 4. The van der Waals surface area contributed by atoms with Gasteiger partial charge in [-0.1, -0.05) is 25.8 Å². The maximum Gasteiger partial charge on any atom is 0.294 e. The maximum atomic E-state index is 14.2. The summed E-state index contributed by atoms with van der Waals surface area (Å²) < 4.78 is 71.4. The predicted octanol–water partition coefficient (Wildman–Crippen LogP) is 7.08. The van der Waals surface area contributed by atoms with Gasteiger partial charge < -0.3 is 19.8 Å². The average molecular weight is 955 g/mol. The first kappa shape index (κ1) is 46.9. The highest BCUT2D eigenvalue weighted by molar-refractivity contribution is 7.86. The van der Waals surface area contributed by atoms with Gasteiger partial charge in [-0.25, -0.2) is 0 Å². The van der Waals surface area contributed by atoms with Gasteiger partial charge in [0.2, 0.25) is 11.8 Å². The van der Waals surface area contributed by atoms with Crippen molar-refractivity contribution in [1.82, 2.24) is 19.8 Å². The zero-order valence-corrected chi connectivity index (χ0v) is 39.7. The van der Waals surface area contributed by atoms with Crippen LogP contribution in [0.25, 0.3) is 43.6 Å². The van der Waals surface area contributed by atoms with E-state index in [-0.39, 0.29) is 62.3 Å². The fourth-order valence-corrected chi connectivity index (χ4v) is 14.0. The zero-order valence-electron chi connectivity index (χ0n) is 38.1.